The maximum atomic E-state index is 5.44. The summed E-state index contributed by atoms with van der Waals surface area (Å²) in [5.41, 5.74) is 6.58. The molecule has 1 aromatic heterocycles. The number of nitrogens with one attached hydrogen (secondary N) is 1. The number of rotatable bonds is 7. The topological polar surface area (TPSA) is 63.8 Å². The number of aromatic nitrogens is 2. The van der Waals surface area contributed by atoms with E-state index in [9.17, 15) is 0 Å². The first-order valence-electron chi connectivity index (χ1n) is 6.07. The van der Waals surface area contributed by atoms with Crippen molar-refractivity contribution in [2.24, 2.45) is 5.73 Å². The van der Waals surface area contributed by atoms with Crippen LogP contribution in [-0.4, -0.2) is 23.1 Å². The fraction of sp³-hybridized carbons (Fsp3) is 0.667. The van der Waals surface area contributed by atoms with Crippen LogP contribution in [0.4, 0.5) is 5.82 Å². The van der Waals surface area contributed by atoms with E-state index in [1.165, 1.54) is 0 Å². The summed E-state index contributed by atoms with van der Waals surface area (Å²) in [6.45, 7) is 5.96. The van der Waals surface area contributed by atoms with Gasteiger partial charge < -0.3 is 11.1 Å². The van der Waals surface area contributed by atoms with Crippen molar-refractivity contribution in [3.8, 4) is 0 Å². The first kappa shape index (κ1) is 12.9. The quantitative estimate of drug-likeness (QED) is 0.694. The highest BCUT2D eigenvalue weighted by molar-refractivity contribution is 5.35. The summed E-state index contributed by atoms with van der Waals surface area (Å²) in [5.74, 6) is 1.45. The molecule has 0 saturated heterocycles. The standard InChI is InChI=1S/C12H22N4/c1-3-10(4-2)11-8-12(16-9-15-11)14-7-5-6-13/h8-10H,3-7,13H2,1-2H3,(H,14,15,16). The van der Waals surface area contributed by atoms with Gasteiger partial charge in [0.2, 0.25) is 0 Å². The van der Waals surface area contributed by atoms with Gasteiger partial charge in [-0.1, -0.05) is 13.8 Å². The molecule has 0 spiro atoms. The minimum Gasteiger partial charge on any atom is -0.370 e. The van der Waals surface area contributed by atoms with E-state index in [0.717, 1.165) is 37.3 Å². The Bertz CT molecular complexity index is 297. The van der Waals surface area contributed by atoms with E-state index in [4.69, 9.17) is 5.73 Å². The zero-order valence-corrected chi connectivity index (χ0v) is 10.2. The average Bonchev–Trinajstić information content (AvgIpc) is 2.32. The van der Waals surface area contributed by atoms with Gasteiger partial charge in [-0.2, -0.15) is 0 Å². The predicted molar refractivity (Wildman–Crippen MR) is 67.5 cm³/mol. The molecule has 4 nitrogen and oxygen atoms in total. The Balaban J connectivity index is 2.62. The summed E-state index contributed by atoms with van der Waals surface area (Å²) in [7, 11) is 0. The Morgan fingerprint density at radius 1 is 1.31 bits per heavy atom. The molecule has 0 radical (unpaired) electrons. The Morgan fingerprint density at radius 3 is 2.69 bits per heavy atom. The van der Waals surface area contributed by atoms with Gasteiger partial charge in [-0.15, -0.1) is 0 Å². The van der Waals surface area contributed by atoms with Gasteiger partial charge in [0.05, 0.1) is 0 Å². The van der Waals surface area contributed by atoms with E-state index in [2.05, 4.69) is 29.1 Å². The summed E-state index contributed by atoms with van der Waals surface area (Å²) >= 11 is 0. The molecule has 0 aliphatic heterocycles. The van der Waals surface area contributed by atoms with Crippen LogP contribution in [0.2, 0.25) is 0 Å². The van der Waals surface area contributed by atoms with Crippen LogP contribution >= 0.6 is 0 Å². The van der Waals surface area contributed by atoms with Gasteiger partial charge in [0.1, 0.15) is 12.1 Å². The lowest BCUT2D eigenvalue weighted by atomic mass is 9.99. The number of hydrogen-bond donors (Lipinski definition) is 2. The Hall–Kier alpha value is -1.16. The molecule has 16 heavy (non-hydrogen) atoms. The first-order valence-corrected chi connectivity index (χ1v) is 6.07. The maximum absolute atomic E-state index is 5.44. The molecule has 0 unspecified atom stereocenters. The molecular formula is C12H22N4. The summed E-state index contributed by atoms with van der Waals surface area (Å²) in [4.78, 5) is 8.53. The summed E-state index contributed by atoms with van der Waals surface area (Å²) < 4.78 is 0. The van der Waals surface area contributed by atoms with E-state index < -0.39 is 0 Å². The third-order valence-electron chi connectivity index (χ3n) is 2.78. The monoisotopic (exact) mass is 222 g/mol. The average molecular weight is 222 g/mol. The van der Waals surface area contributed by atoms with Crippen LogP contribution < -0.4 is 11.1 Å². The lowest BCUT2D eigenvalue weighted by Gasteiger charge is -2.12. The molecule has 90 valence electrons. The second-order valence-electron chi connectivity index (χ2n) is 3.91. The highest BCUT2D eigenvalue weighted by atomic mass is 15.0. The van der Waals surface area contributed by atoms with Crippen molar-refractivity contribution in [1.82, 2.24) is 9.97 Å². The van der Waals surface area contributed by atoms with Crippen molar-refractivity contribution < 1.29 is 0 Å². The molecule has 0 aromatic carbocycles. The fourth-order valence-electron chi connectivity index (χ4n) is 1.72. The molecule has 0 fully saturated rings. The highest BCUT2D eigenvalue weighted by Crippen LogP contribution is 2.21. The van der Waals surface area contributed by atoms with E-state index in [1.807, 2.05) is 6.07 Å². The molecule has 4 heteroatoms. The van der Waals surface area contributed by atoms with E-state index >= 15 is 0 Å². The van der Waals surface area contributed by atoms with Crippen LogP contribution in [0, 0.1) is 0 Å². The minimum absolute atomic E-state index is 0.540. The van der Waals surface area contributed by atoms with E-state index in [-0.39, 0.29) is 0 Å². The molecule has 1 heterocycles. The normalized spacial score (nSPS) is 10.8. The molecule has 0 amide bonds. The second-order valence-corrected chi connectivity index (χ2v) is 3.91. The van der Waals surface area contributed by atoms with Crippen molar-refractivity contribution in [3.63, 3.8) is 0 Å². The number of hydrogen-bond acceptors (Lipinski definition) is 4. The third-order valence-corrected chi connectivity index (χ3v) is 2.78. The van der Waals surface area contributed by atoms with Crippen LogP contribution in [-0.2, 0) is 0 Å². The van der Waals surface area contributed by atoms with Gasteiger partial charge in [-0.25, -0.2) is 9.97 Å². The van der Waals surface area contributed by atoms with Crippen LogP contribution in [0.3, 0.4) is 0 Å². The van der Waals surface area contributed by atoms with Gasteiger partial charge in [-0.05, 0) is 25.8 Å². The smallest absolute Gasteiger partial charge is 0.129 e. The molecule has 0 saturated carbocycles. The van der Waals surface area contributed by atoms with Crippen LogP contribution in [0.15, 0.2) is 12.4 Å². The summed E-state index contributed by atoms with van der Waals surface area (Å²) in [5, 5.41) is 3.26. The van der Waals surface area contributed by atoms with Crippen molar-refractivity contribution in [2.75, 3.05) is 18.4 Å². The van der Waals surface area contributed by atoms with E-state index in [1.54, 1.807) is 6.33 Å². The predicted octanol–water partition coefficient (Wildman–Crippen LogP) is 2.14. The van der Waals surface area contributed by atoms with E-state index in [0.29, 0.717) is 12.5 Å². The van der Waals surface area contributed by atoms with Gasteiger partial charge in [0.25, 0.3) is 0 Å². The second kappa shape index (κ2) is 7.17. The van der Waals surface area contributed by atoms with Crippen LogP contribution in [0.25, 0.3) is 0 Å². The van der Waals surface area contributed by atoms with Gasteiger partial charge in [-0.3, -0.25) is 0 Å². The van der Waals surface area contributed by atoms with Crippen molar-refractivity contribution in [3.05, 3.63) is 18.1 Å². The molecule has 0 atom stereocenters. The largest absolute Gasteiger partial charge is 0.370 e. The number of nitrogens with two attached hydrogens (primary N) is 1. The third kappa shape index (κ3) is 3.77. The molecule has 0 bridgehead atoms. The summed E-state index contributed by atoms with van der Waals surface area (Å²) in [6, 6.07) is 2.05. The lowest BCUT2D eigenvalue weighted by Crippen LogP contribution is -2.10. The number of nitrogens with zero attached hydrogens (tertiary/aromatic N) is 2. The van der Waals surface area contributed by atoms with Crippen molar-refractivity contribution in [1.29, 1.82) is 0 Å². The van der Waals surface area contributed by atoms with Gasteiger partial charge in [0, 0.05) is 24.2 Å². The zero-order chi connectivity index (χ0) is 11.8. The molecular weight excluding hydrogens is 200 g/mol. The molecule has 1 aromatic rings. The maximum Gasteiger partial charge on any atom is 0.129 e. The van der Waals surface area contributed by atoms with Crippen molar-refractivity contribution in [2.45, 2.75) is 39.0 Å². The minimum atomic E-state index is 0.540. The molecule has 0 aliphatic carbocycles. The Labute approximate surface area is 97.7 Å². The van der Waals surface area contributed by atoms with Gasteiger partial charge >= 0.3 is 0 Å². The SMILES string of the molecule is CCC(CC)c1cc(NCCCN)ncn1. The number of anilines is 1. The van der Waals surface area contributed by atoms with Gasteiger partial charge in [0.15, 0.2) is 0 Å². The highest BCUT2D eigenvalue weighted by Gasteiger charge is 2.08. The van der Waals surface area contributed by atoms with Crippen molar-refractivity contribution >= 4 is 5.82 Å². The zero-order valence-electron chi connectivity index (χ0n) is 10.2. The summed E-state index contributed by atoms with van der Waals surface area (Å²) in [6.07, 6.45) is 4.84. The Kier molecular flexibility index (Phi) is 5.78. The first-order chi connectivity index (χ1) is 7.81. The fourth-order valence-corrected chi connectivity index (χ4v) is 1.72. The molecule has 0 aliphatic rings. The molecule has 3 N–H and O–H groups in total. The van der Waals surface area contributed by atoms with Crippen LogP contribution in [0.5, 0.6) is 0 Å². The lowest BCUT2D eigenvalue weighted by molar-refractivity contribution is 0.621. The Morgan fingerprint density at radius 2 is 2.06 bits per heavy atom. The van der Waals surface area contributed by atoms with Crippen LogP contribution in [0.1, 0.15) is 44.7 Å². The molecule has 1 rings (SSSR count).